The van der Waals surface area contributed by atoms with Crippen LogP contribution in [0.25, 0.3) is 104 Å². The third-order valence-electron chi connectivity index (χ3n) is 12.2. The molecular formula is C54H36N4S. The average molecular weight is 773 g/mol. The number of hydrogen-bond donors (Lipinski definition) is 0. The first-order valence-corrected chi connectivity index (χ1v) is 20.9. The predicted molar refractivity (Wildman–Crippen MR) is 246 cm³/mol. The molecule has 1 aliphatic rings. The summed E-state index contributed by atoms with van der Waals surface area (Å²) in [7, 11) is 0. The summed E-state index contributed by atoms with van der Waals surface area (Å²) >= 11 is 1.79. The molecule has 0 unspecified atom stereocenters. The van der Waals surface area contributed by atoms with Gasteiger partial charge in [0, 0.05) is 58.7 Å². The number of para-hydroxylation sites is 1. The summed E-state index contributed by atoms with van der Waals surface area (Å²) < 4.78 is 4.86. The fourth-order valence-electron chi connectivity index (χ4n) is 9.37. The van der Waals surface area contributed by atoms with E-state index in [0.717, 1.165) is 39.0 Å². The van der Waals surface area contributed by atoms with Crippen molar-refractivity contribution in [3.63, 3.8) is 0 Å². The van der Waals surface area contributed by atoms with E-state index < -0.39 is 0 Å². The molecule has 59 heavy (non-hydrogen) atoms. The van der Waals surface area contributed by atoms with Crippen LogP contribution in [-0.4, -0.2) is 19.5 Å². The summed E-state index contributed by atoms with van der Waals surface area (Å²) in [6.07, 6.45) is 0. The van der Waals surface area contributed by atoms with Gasteiger partial charge >= 0.3 is 0 Å². The van der Waals surface area contributed by atoms with E-state index in [2.05, 4.69) is 182 Å². The second-order valence-electron chi connectivity index (χ2n) is 16.0. The molecule has 0 atom stereocenters. The molecule has 0 saturated carbocycles. The van der Waals surface area contributed by atoms with Crippen LogP contribution in [0.4, 0.5) is 0 Å². The number of benzene rings is 8. The van der Waals surface area contributed by atoms with Gasteiger partial charge in [-0.25, -0.2) is 15.0 Å². The van der Waals surface area contributed by atoms with E-state index in [-0.39, 0.29) is 5.41 Å². The SMILES string of the molecule is CC1(C)c2ccccc2-c2cc3c4ccccc4n(-c4cc(-c5ccccc5)cc(-c5nc(-c6ccccc6)nc(-c6cccc7c6sc6ccccc67)n5)c4)c3cc21. The summed E-state index contributed by atoms with van der Waals surface area (Å²) in [6.45, 7) is 4.71. The standard InChI is InChI=1S/C54H36N4S/c1-54(2)45-25-12-9-20-38(45)43-31-44-39-21-10-13-26-47(39)58(48(44)32-46(43)54)37-29-35(33-16-5-3-6-17-33)28-36(30-37)52-55-51(34-18-7-4-8-19-34)56-53(57-52)42-24-15-23-41-40-22-11-14-27-49(40)59-50(41)42/h3-32H,1-2H3. The number of rotatable bonds is 5. The van der Waals surface area contributed by atoms with E-state index in [9.17, 15) is 0 Å². The number of nitrogens with zero attached hydrogens (tertiary/aromatic N) is 4. The van der Waals surface area contributed by atoms with E-state index in [1.54, 1.807) is 11.3 Å². The Morgan fingerprint density at radius 3 is 1.86 bits per heavy atom. The van der Waals surface area contributed by atoms with Crippen LogP contribution >= 0.6 is 11.3 Å². The molecule has 11 aromatic rings. The lowest BCUT2D eigenvalue weighted by Crippen LogP contribution is -2.15. The zero-order chi connectivity index (χ0) is 39.2. The quantitative estimate of drug-likeness (QED) is 0.175. The molecule has 12 rings (SSSR count). The second-order valence-corrected chi connectivity index (χ2v) is 17.1. The van der Waals surface area contributed by atoms with Crippen LogP contribution in [0.2, 0.25) is 0 Å². The number of hydrogen-bond acceptors (Lipinski definition) is 4. The van der Waals surface area contributed by atoms with Gasteiger partial charge < -0.3 is 4.57 Å². The normalized spacial score (nSPS) is 13.1. The van der Waals surface area contributed by atoms with Gasteiger partial charge in [-0.3, -0.25) is 0 Å². The van der Waals surface area contributed by atoms with E-state index in [4.69, 9.17) is 15.0 Å². The molecule has 5 heteroatoms. The third-order valence-corrected chi connectivity index (χ3v) is 13.4. The van der Waals surface area contributed by atoms with Crippen LogP contribution in [0, 0.1) is 0 Å². The largest absolute Gasteiger partial charge is 0.309 e. The summed E-state index contributed by atoms with van der Waals surface area (Å²) in [6, 6.07) is 65.3. The summed E-state index contributed by atoms with van der Waals surface area (Å²) in [5, 5.41) is 4.92. The van der Waals surface area contributed by atoms with Crippen molar-refractivity contribution in [2.75, 3.05) is 0 Å². The minimum atomic E-state index is -0.134. The fourth-order valence-corrected chi connectivity index (χ4v) is 10.6. The summed E-state index contributed by atoms with van der Waals surface area (Å²) in [4.78, 5) is 15.8. The zero-order valence-electron chi connectivity index (χ0n) is 32.5. The molecule has 1 aliphatic carbocycles. The molecular weight excluding hydrogens is 737 g/mol. The van der Waals surface area contributed by atoms with Crippen molar-refractivity contribution >= 4 is 53.3 Å². The van der Waals surface area contributed by atoms with Crippen molar-refractivity contribution in [3.8, 4) is 62.1 Å². The molecule has 3 heterocycles. The van der Waals surface area contributed by atoms with Gasteiger partial charge in [0.05, 0.1) is 11.0 Å². The maximum Gasteiger partial charge on any atom is 0.165 e. The van der Waals surface area contributed by atoms with Crippen LogP contribution in [-0.2, 0) is 5.41 Å². The number of fused-ring (bicyclic) bond motifs is 9. The molecule has 0 fully saturated rings. The molecule has 3 aromatic heterocycles. The van der Waals surface area contributed by atoms with Crippen molar-refractivity contribution < 1.29 is 0 Å². The minimum Gasteiger partial charge on any atom is -0.309 e. The van der Waals surface area contributed by atoms with Crippen molar-refractivity contribution in [3.05, 3.63) is 193 Å². The lowest BCUT2D eigenvalue weighted by Gasteiger charge is -2.22. The Kier molecular flexibility index (Phi) is 7.41. The molecule has 0 amide bonds. The van der Waals surface area contributed by atoms with Gasteiger partial charge in [-0.2, -0.15) is 0 Å². The molecule has 0 aliphatic heterocycles. The van der Waals surface area contributed by atoms with E-state index in [0.29, 0.717) is 17.5 Å². The second kappa shape index (κ2) is 12.9. The number of thiophene rings is 1. The van der Waals surface area contributed by atoms with Crippen LogP contribution in [0.1, 0.15) is 25.0 Å². The highest BCUT2D eigenvalue weighted by Crippen LogP contribution is 2.51. The highest BCUT2D eigenvalue weighted by molar-refractivity contribution is 7.26. The molecule has 0 radical (unpaired) electrons. The first-order chi connectivity index (χ1) is 29.0. The van der Waals surface area contributed by atoms with Crippen molar-refractivity contribution in [1.29, 1.82) is 0 Å². The Labute approximate surface area is 345 Å². The van der Waals surface area contributed by atoms with Gasteiger partial charge in [0.1, 0.15) is 0 Å². The molecule has 8 aromatic carbocycles. The lowest BCUT2D eigenvalue weighted by molar-refractivity contribution is 0.661. The Balaban J connectivity index is 1.13. The maximum atomic E-state index is 5.37. The fraction of sp³-hybridized carbons (Fsp3) is 0.0556. The van der Waals surface area contributed by atoms with Gasteiger partial charge in [-0.1, -0.05) is 147 Å². The van der Waals surface area contributed by atoms with Gasteiger partial charge in [-0.05, 0) is 81.9 Å². The Bertz CT molecular complexity index is 3470. The molecule has 0 N–H and O–H groups in total. The first-order valence-electron chi connectivity index (χ1n) is 20.1. The van der Waals surface area contributed by atoms with Crippen LogP contribution in [0.3, 0.4) is 0 Å². The summed E-state index contributed by atoms with van der Waals surface area (Å²) in [5.74, 6) is 1.93. The molecule has 4 nitrogen and oxygen atoms in total. The van der Waals surface area contributed by atoms with Crippen LogP contribution < -0.4 is 0 Å². The number of aromatic nitrogens is 4. The average Bonchev–Trinajstić information content (AvgIpc) is 3.91. The first kappa shape index (κ1) is 33.9. The van der Waals surface area contributed by atoms with E-state index in [1.807, 2.05) is 18.2 Å². The van der Waals surface area contributed by atoms with E-state index in [1.165, 1.54) is 58.7 Å². The van der Waals surface area contributed by atoms with Gasteiger partial charge in [-0.15, -0.1) is 11.3 Å². The Morgan fingerprint density at radius 2 is 1.03 bits per heavy atom. The summed E-state index contributed by atoms with van der Waals surface area (Å²) in [5.41, 5.74) is 13.7. The minimum absolute atomic E-state index is 0.134. The zero-order valence-corrected chi connectivity index (χ0v) is 33.3. The van der Waals surface area contributed by atoms with Crippen LogP contribution in [0.15, 0.2) is 182 Å². The third kappa shape index (κ3) is 5.25. The van der Waals surface area contributed by atoms with Crippen molar-refractivity contribution in [1.82, 2.24) is 19.5 Å². The van der Waals surface area contributed by atoms with Gasteiger partial charge in [0.2, 0.25) is 0 Å². The van der Waals surface area contributed by atoms with E-state index >= 15 is 0 Å². The van der Waals surface area contributed by atoms with Crippen molar-refractivity contribution in [2.45, 2.75) is 19.3 Å². The molecule has 0 saturated heterocycles. The molecule has 0 spiro atoms. The predicted octanol–water partition coefficient (Wildman–Crippen LogP) is 14.3. The van der Waals surface area contributed by atoms with Crippen molar-refractivity contribution in [2.24, 2.45) is 0 Å². The highest BCUT2D eigenvalue weighted by Gasteiger charge is 2.36. The smallest absolute Gasteiger partial charge is 0.165 e. The Morgan fingerprint density at radius 1 is 0.407 bits per heavy atom. The topological polar surface area (TPSA) is 43.6 Å². The van der Waals surface area contributed by atoms with Crippen LogP contribution in [0.5, 0.6) is 0 Å². The molecule has 0 bridgehead atoms. The maximum absolute atomic E-state index is 5.37. The monoisotopic (exact) mass is 772 g/mol. The van der Waals surface area contributed by atoms with Gasteiger partial charge in [0.15, 0.2) is 17.5 Å². The highest BCUT2D eigenvalue weighted by atomic mass is 32.1. The van der Waals surface area contributed by atoms with Gasteiger partial charge in [0.25, 0.3) is 0 Å². The Hall–Kier alpha value is -7.21. The molecule has 278 valence electrons. The lowest BCUT2D eigenvalue weighted by atomic mass is 9.82.